The summed E-state index contributed by atoms with van der Waals surface area (Å²) in [5.41, 5.74) is 1.20. The van der Waals surface area contributed by atoms with E-state index >= 15 is 0 Å². The van der Waals surface area contributed by atoms with Crippen LogP contribution < -0.4 is 5.32 Å². The maximum atomic E-state index is 9.21. The van der Waals surface area contributed by atoms with Gasteiger partial charge >= 0.3 is 0 Å². The van der Waals surface area contributed by atoms with E-state index in [-0.39, 0.29) is 6.10 Å². The van der Waals surface area contributed by atoms with Crippen LogP contribution in [0.25, 0.3) is 0 Å². The highest BCUT2D eigenvalue weighted by Crippen LogP contribution is 2.11. The third kappa shape index (κ3) is 4.00. The summed E-state index contributed by atoms with van der Waals surface area (Å²) in [4.78, 5) is 2.24. The van der Waals surface area contributed by atoms with E-state index in [0.29, 0.717) is 5.75 Å². The zero-order valence-corrected chi connectivity index (χ0v) is 10.2. The molecule has 0 spiro atoms. The van der Waals surface area contributed by atoms with Crippen LogP contribution in [0.2, 0.25) is 0 Å². The molecule has 4 nitrogen and oxygen atoms in total. The van der Waals surface area contributed by atoms with Gasteiger partial charge in [0.05, 0.1) is 12.7 Å². The zero-order valence-electron chi connectivity index (χ0n) is 10.2. The molecule has 1 aromatic rings. The zero-order chi connectivity index (χ0) is 12.1. The fourth-order valence-corrected chi connectivity index (χ4v) is 2.06. The molecule has 94 valence electrons. The van der Waals surface area contributed by atoms with E-state index in [2.05, 4.69) is 17.3 Å². The van der Waals surface area contributed by atoms with Crippen molar-refractivity contribution in [1.82, 2.24) is 10.2 Å². The number of benzene rings is 1. The molecule has 0 saturated carbocycles. The Kier molecular flexibility index (Phi) is 4.36. The summed E-state index contributed by atoms with van der Waals surface area (Å²) in [7, 11) is 2.09. The van der Waals surface area contributed by atoms with E-state index in [9.17, 15) is 5.11 Å². The predicted octanol–water partition coefficient (Wildman–Crippen LogP) is 0.812. The molecule has 1 aromatic carbocycles. The molecule has 1 unspecified atom stereocenters. The van der Waals surface area contributed by atoms with Crippen molar-refractivity contribution in [1.29, 1.82) is 0 Å². The highest BCUT2D eigenvalue weighted by Gasteiger charge is 2.15. The van der Waals surface area contributed by atoms with Gasteiger partial charge in [-0.15, -0.1) is 0 Å². The molecule has 1 aliphatic heterocycles. The summed E-state index contributed by atoms with van der Waals surface area (Å²) in [6.07, 6.45) is 0.283. The second-order valence-electron chi connectivity index (χ2n) is 4.56. The Labute approximate surface area is 102 Å². The fourth-order valence-electron chi connectivity index (χ4n) is 2.06. The number of hydrogen-bond donors (Lipinski definition) is 2. The molecule has 2 rings (SSSR count). The van der Waals surface area contributed by atoms with E-state index in [1.54, 1.807) is 12.1 Å². The maximum absolute atomic E-state index is 9.21. The smallest absolute Gasteiger partial charge is 0.115 e. The van der Waals surface area contributed by atoms with Crippen LogP contribution in [0.15, 0.2) is 24.3 Å². The quantitative estimate of drug-likeness (QED) is 0.812. The van der Waals surface area contributed by atoms with Gasteiger partial charge in [0.1, 0.15) is 5.75 Å². The number of rotatable bonds is 4. The van der Waals surface area contributed by atoms with Crippen LogP contribution in [0.3, 0.4) is 0 Å². The Bertz CT molecular complexity index is 334. The lowest BCUT2D eigenvalue weighted by Gasteiger charge is -2.28. The maximum Gasteiger partial charge on any atom is 0.115 e. The van der Waals surface area contributed by atoms with Crippen LogP contribution in [0.4, 0.5) is 0 Å². The second-order valence-corrected chi connectivity index (χ2v) is 4.56. The average molecular weight is 236 g/mol. The van der Waals surface area contributed by atoms with E-state index in [1.165, 1.54) is 5.56 Å². The van der Waals surface area contributed by atoms with Crippen LogP contribution in [0.5, 0.6) is 5.75 Å². The molecular formula is C13H20N2O2. The summed E-state index contributed by atoms with van der Waals surface area (Å²) in [5, 5.41) is 12.5. The first-order valence-electron chi connectivity index (χ1n) is 6.03. The molecule has 0 aliphatic carbocycles. The van der Waals surface area contributed by atoms with Gasteiger partial charge in [-0.05, 0) is 24.7 Å². The average Bonchev–Trinajstić information content (AvgIpc) is 2.33. The van der Waals surface area contributed by atoms with Crippen molar-refractivity contribution in [3.8, 4) is 5.75 Å². The molecule has 2 N–H and O–H groups in total. The molecule has 0 amide bonds. The minimum Gasteiger partial charge on any atom is -0.508 e. The molecule has 0 aromatic heterocycles. The van der Waals surface area contributed by atoms with Crippen molar-refractivity contribution in [2.24, 2.45) is 0 Å². The Balaban J connectivity index is 1.79. The third-order valence-electron chi connectivity index (χ3n) is 2.91. The SMILES string of the molecule is CN(Cc1ccc(O)cc1)CC1CNCCO1. The molecule has 1 fully saturated rings. The molecule has 1 heterocycles. The first kappa shape index (κ1) is 12.4. The van der Waals surface area contributed by atoms with E-state index in [1.807, 2.05) is 12.1 Å². The molecule has 0 bridgehead atoms. The van der Waals surface area contributed by atoms with Crippen LogP contribution in [0.1, 0.15) is 5.56 Å². The highest BCUT2D eigenvalue weighted by molar-refractivity contribution is 5.25. The van der Waals surface area contributed by atoms with Crippen molar-refractivity contribution in [2.75, 3.05) is 33.3 Å². The molecule has 4 heteroatoms. The van der Waals surface area contributed by atoms with Crippen LogP contribution >= 0.6 is 0 Å². The van der Waals surface area contributed by atoms with Gasteiger partial charge in [-0.3, -0.25) is 4.90 Å². The Morgan fingerprint density at radius 2 is 2.18 bits per heavy atom. The number of phenols is 1. The van der Waals surface area contributed by atoms with Crippen molar-refractivity contribution < 1.29 is 9.84 Å². The van der Waals surface area contributed by atoms with E-state index in [4.69, 9.17) is 4.74 Å². The highest BCUT2D eigenvalue weighted by atomic mass is 16.5. The second kappa shape index (κ2) is 6.00. The predicted molar refractivity (Wildman–Crippen MR) is 67.1 cm³/mol. The molecule has 1 aliphatic rings. The van der Waals surface area contributed by atoms with Gasteiger partial charge in [0, 0.05) is 26.2 Å². The number of aromatic hydroxyl groups is 1. The summed E-state index contributed by atoms with van der Waals surface area (Å²) in [5.74, 6) is 0.316. The molecular weight excluding hydrogens is 216 g/mol. The number of morpholine rings is 1. The number of ether oxygens (including phenoxy) is 1. The van der Waals surface area contributed by atoms with Gasteiger partial charge in [-0.1, -0.05) is 12.1 Å². The summed E-state index contributed by atoms with van der Waals surface area (Å²) in [6.45, 7) is 4.49. The minimum atomic E-state index is 0.283. The topological polar surface area (TPSA) is 44.7 Å². The minimum absolute atomic E-state index is 0.283. The lowest BCUT2D eigenvalue weighted by molar-refractivity contribution is 0.00884. The lowest BCUT2D eigenvalue weighted by atomic mass is 10.2. The first-order chi connectivity index (χ1) is 8.24. The first-order valence-corrected chi connectivity index (χ1v) is 6.03. The number of nitrogens with one attached hydrogen (secondary N) is 1. The Hall–Kier alpha value is -1.10. The summed E-state index contributed by atoms with van der Waals surface area (Å²) < 4.78 is 5.66. The van der Waals surface area contributed by atoms with Gasteiger partial charge in [0.15, 0.2) is 0 Å². The van der Waals surface area contributed by atoms with E-state index < -0.39 is 0 Å². The van der Waals surface area contributed by atoms with Gasteiger partial charge in [0.25, 0.3) is 0 Å². The number of hydrogen-bond acceptors (Lipinski definition) is 4. The van der Waals surface area contributed by atoms with Crippen molar-refractivity contribution in [3.63, 3.8) is 0 Å². The van der Waals surface area contributed by atoms with Crippen molar-refractivity contribution in [2.45, 2.75) is 12.6 Å². The molecule has 17 heavy (non-hydrogen) atoms. The van der Waals surface area contributed by atoms with E-state index in [0.717, 1.165) is 32.8 Å². The third-order valence-corrected chi connectivity index (χ3v) is 2.91. The number of nitrogens with zero attached hydrogens (tertiary/aromatic N) is 1. The van der Waals surface area contributed by atoms with Crippen LogP contribution in [-0.2, 0) is 11.3 Å². The van der Waals surface area contributed by atoms with Crippen LogP contribution in [0, 0.1) is 0 Å². The summed E-state index contributed by atoms with van der Waals surface area (Å²) >= 11 is 0. The number of likely N-dealkylation sites (N-methyl/N-ethyl adjacent to an activating group) is 1. The summed E-state index contributed by atoms with van der Waals surface area (Å²) in [6, 6.07) is 7.35. The van der Waals surface area contributed by atoms with Gasteiger partial charge < -0.3 is 15.2 Å². The molecule has 1 atom stereocenters. The standard InChI is InChI=1S/C13H20N2O2/c1-15(10-13-8-14-6-7-17-13)9-11-2-4-12(16)5-3-11/h2-5,13-14,16H,6-10H2,1H3. The normalized spacial score (nSPS) is 20.7. The largest absolute Gasteiger partial charge is 0.508 e. The van der Waals surface area contributed by atoms with Crippen molar-refractivity contribution in [3.05, 3.63) is 29.8 Å². The van der Waals surface area contributed by atoms with Gasteiger partial charge in [0.2, 0.25) is 0 Å². The number of phenolic OH excluding ortho intramolecular Hbond substituents is 1. The Morgan fingerprint density at radius 1 is 1.41 bits per heavy atom. The fraction of sp³-hybridized carbons (Fsp3) is 0.538. The van der Waals surface area contributed by atoms with Gasteiger partial charge in [-0.25, -0.2) is 0 Å². The van der Waals surface area contributed by atoms with Crippen molar-refractivity contribution >= 4 is 0 Å². The van der Waals surface area contributed by atoms with Gasteiger partial charge in [-0.2, -0.15) is 0 Å². The lowest BCUT2D eigenvalue weighted by Crippen LogP contribution is -2.44. The van der Waals surface area contributed by atoms with Crippen LogP contribution in [-0.4, -0.2) is 49.4 Å². The monoisotopic (exact) mass is 236 g/mol. The molecule has 0 radical (unpaired) electrons. The Morgan fingerprint density at radius 3 is 2.82 bits per heavy atom. The molecule has 1 saturated heterocycles.